The minimum Gasteiger partial charge on any atom is -0.490 e. The Morgan fingerprint density at radius 3 is 2.57 bits per heavy atom. The zero-order valence-electron chi connectivity index (χ0n) is 21.1. The molecule has 0 bridgehead atoms. The molecule has 0 saturated carbocycles. The van der Waals surface area contributed by atoms with Gasteiger partial charge in [0.2, 0.25) is 5.95 Å². The van der Waals surface area contributed by atoms with Gasteiger partial charge in [-0.15, -0.1) is 0 Å². The SMILES string of the molecule is CCCc1cnc(N2CCC(C3Cc4cc(C5=CCN(S(=O)CCC)CC5)ccc4O3)CC2)nc1. The summed E-state index contributed by atoms with van der Waals surface area (Å²) in [6, 6.07) is 6.70. The summed E-state index contributed by atoms with van der Waals surface area (Å²) < 4.78 is 20.8. The number of hydrogen-bond donors (Lipinski definition) is 0. The number of benzene rings is 1. The van der Waals surface area contributed by atoms with Crippen molar-refractivity contribution in [3.8, 4) is 5.75 Å². The molecule has 35 heavy (non-hydrogen) atoms. The van der Waals surface area contributed by atoms with Gasteiger partial charge in [0.15, 0.2) is 0 Å². The number of aryl methyl sites for hydroxylation is 1. The van der Waals surface area contributed by atoms with Gasteiger partial charge in [-0.05, 0) is 72.4 Å². The lowest BCUT2D eigenvalue weighted by Gasteiger charge is -2.34. The van der Waals surface area contributed by atoms with Crippen molar-refractivity contribution in [2.45, 2.75) is 64.9 Å². The molecule has 1 saturated heterocycles. The Hall–Kier alpha value is -2.25. The maximum atomic E-state index is 12.3. The zero-order valence-corrected chi connectivity index (χ0v) is 21.9. The van der Waals surface area contributed by atoms with E-state index in [2.05, 4.69) is 57.3 Å². The fourth-order valence-electron chi connectivity index (χ4n) is 5.54. The van der Waals surface area contributed by atoms with E-state index < -0.39 is 11.0 Å². The van der Waals surface area contributed by atoms with Gasteiger partial charge in [0, 0.05) is 50.7 Å². The topological polar surface area (TPSA) is 58.6 Å². The Balaban J connectivity index is 1.16. The van der Waals surface area contributed by atoms with E-state index >= 15 is 0 Å². The van der Waals surface area contributed by atoms with Crippen molar-refractivity contribution in [2.75, 3.05) is 36.8 Å². The summed E-state index contributed by atoms with van der Waals surface area (Å²) in [4.78, 5) is 11.5. The van der Waals surface area contributed by atoms with Crippen molar-refractivity contribution < 1.29 is 8.95 Å². The van der Waals surface area contributed by atoms with Crippen molar-refractivity contribution in [1.82, 2.24) is 14.3 Å². The number of aromatic nitrogens is 2. The minimum atomic E-state index is -0.845. The Morgan fingerprint density at radius 2 is 1.89 bits per heavy atom. The number of hydrogen-bond acceptors (Lipinski definition) is 5. The number of ether oxygens (including phenoxy) is 1. The molecule has 4 heterocycles. The largest absolute Gasteiger partial charge is 0.490 e. The highest BCUT2D eigenvalue weighted by Crippen LogP contribution is 2.37. The van der Waals surface area contributed by atoms with Gasteiger partial charge in [0.25, 0.3) is 0 Å². The second kappa shape index (κ2) is 11.2. The summed E-state index contributed by atoms with van der Waals surface area (Å²) in [6.07, 6.45) is 13.8. The maximum Gasteiger partial charge on any atom is 0.225 e. The third-order valence-electron chi connectivity index (χ3n) is 7.55. The van der Waals surface area contributed by atoms with E-state index in [4.69, 9.17) is 4.74 Å². The van der Waals surface area contributed by atoms with E-state index in [0.717, 1.165) is 88.6 Å². The molecule has 0 spiro atoms. The molecule has 0 N–H and O–H groups in total. The Morgan fingerprint density at radius 1 is 1.09 bits per heavy atom. The summed E-state index contributed by atoms with van der Waals surface area (Å²) in [5.74, 6) is 3.25. The second-order valence-corrected chi connectivity index (χ2v) is 11.6. The lowest BCUT2D eigenvalue weighted by molar-refractivity contribution is 0.138. The van der Waals surface area contributed by atoms with Crippen molar-refractivity contribution in [3.05, 3.63) is 53.4 Å². The summed E-state index contributed by atoms with van der Waals surface area (Å²) >= 11 is 0. The van der Waals surface area contributed by atoms with Crippen molar-refractivity contribution in [1.29, 1.82) is 0 Å². The van der Waals surface area contributed by atoms with Crippen molar-refractivity contribution in [3.63, 3.8) is 0 Å². The second-order valence-electron chi connectivity index (χ2n) is 10.0. The van der Waals surface area contributed by atoms with E-state index in [1.165, 1.54) is 22.3 Å². The average Bonchev–Trinajstić information content (AvgIpc) is 3.33. The molecule has 1 aromatic heterocycles. The standard InChI is InChI=1S/C28H38N4O2S/c1-3-5-21-19-29-28(30-20-21)31-12-8-23(9-13-31)27-18-25-17-24(6-7-26(25)34-27)22-10-14-32(15-11-22)35(33)16-4-2/h6-7,10,17,19-20,23,27H,3-5,8-9,11-16,18H2,1-2H3. The predicted molar refractivity (Wildman–Crippen MR) is 143 cm³/mol. The van der Waals surface area contributed by atoms with E-state index in [9.17, 15) is 4.21 Å². The third-order valence-corrected chi connectivity index (χ3v) is 9.21. The molecular formula is C28H38N4O2S. The van der Waals surface area contributed by atoms with Gasteiger partial charge in [-0.1, -0.05) is 32.4 Å². The molecule has 1 fully saturated rings. The number of anilines is 1. The predicted octanol–water partition coefficient (Wildman–Crippen LogP) is 4.81. The molecule has 7 heteroatoms. The van der Waals surface area contributed by atoms with Crippen LogP contribution in [0.4, 0.5) is 5.95 Å². The summed E-state index contributed by atoms with van der Waals surface area (Å²) in [7, 11) is -0.845. The van der Waals surface area contributed by atoms with Crippen LogP contribution in [0.15, 0.2) is 36.7 Å². The molecule has 0 radical (unpaired) electrons. The maximum absolute atomic E-state index is 12.3. The Kier molecular flexibility index (Phi) is 7.83. The van der Waals surface area contributed by atoms with Crippen LogP contribution in [0.1, 0.15) is 62.6 Å². The van der Waals surface area contributed by atoms with E-state index in [-0.39, 0.29) is 6.10 Å². The minimum absolute atomic E-state index is 0.266. The summed E-state index contributed by atoms with van der Waals surface area (Å²) in [5.41, 5.74) is 5.23. The lowest BCUT2D eigenvalue weighted by atomic mass is 9.88. The van der Waals surface area contributed by atoms with Crippen LogP contribution in [0.3, 0.4) is 0 Å². The van der Waals surface area contributed by atoms with Gasteiger partial charge in [0.05, 0.1) is 11.0 Å². The fourth-order valence-corrected chi connectivity index (χ4v) is 6.68. The van der Waals surface area contributed by atoms with Crippen LogP contribution in [0.5, 0.6) is 5.75 Å². The summed E-state index contributed by atoms with van der Waals surface area (Å²) in [5, 5.41) is 0. The van der Waals surface area contributed by atoms with Crippen molar-refractivity contribution >= 4 is 22.5 Å². The van der Waals surface area contributed by atoms with E-state index in [1.54, 1.807) is 0 Å². The van der Waals surface area contributed by atoms with Gasteiger partial charge >= 0.3 is 0 Å². The molecule has 188 valence electrons. The smallest absolute Gasteiger partial charge is 0.225 e. The van der Waals surface area contributed by atoms with E-state index in [0.29, 0.717) is 5.92 Å². The van der Waals surface area contributed by atoms with Gasteiger partial charge in [-0.25, -0.2) is 18.5 Å². The molecule has 3 aliphatic rings. The lowest BCUT2D eigenvalue weighted by Crippen LogP contribution is -2.40. The van der Waals surface area contributed by atoms with Crippen LogP contribution >= 0.6 is 0 Å². The molecule has 0 aliphatic carbocycles. The van der Waals surface area contributed by atoms with Gasteiger partial charge in [-0.3, -0.25) is 0 Å². The van der Waals surface area contributed by atoms with E-state index in [1.807, 2.05) is 12.4 Å². The first-order valence-electron chi connectivity index (χ1n) is 13.3. The summed E-state index contributed by atoms with van der Waals surface area (Å²) in [6.45, 7) is 7.90. The number of fused-ring (bicyclic) bond motifs is 1. The molecule has 0 amide bonds. The number of piperidine rings is 1. The Bertz CT molecular complexity index is 1060. The molecule has 2 aromatic rings. The monoisotopic (exact) mass is 494 g/mol. The number of nitrogens with zero attached hydrogens (tertiary/aromatic N) is 4. The molecule has 6 nitrogen and oxygen atoms in total. The molecule has 2 atom stereocenters. The molecule has 2 unspecified atom stereocenters. The highest BCUT2D eigenvalue weighted by molar-refractivity contribution is 7.82. The van der Waals surface area contributed by atoms with Gasteiger partial charge < -0.3 is 9.64 Å². The first-order valence-corrected chi connectivity index (χ1v) is 14.6. The average molecular weight is 495 g/mol. The Labute approximate surface area is 212 Å². The zero-order chi connectivity index (χ0) is 24.2. The normalized spacial score (nSPS) is 21.9. The van der Waals surface area contributed by atoms with Crippen LogP contribution in [0, 0.1) is 5.92 Å². The highest BCUT2D eigenvalue weighted by atomic mass is 32.2. The van der Waals surface area contributed by atoms with Crippen LogP contribution in [-0.4, -0.2) is 56.5 Å². The van der Waals surface area contributed by atoms with Crippen LogP contribution in [0.25, 0.3) is 5.57 Å². The van der Waals surface area contributed by atoms with Crippen LogP contribution < -0.4 is 9.64 Å². The third kappa shape index (κ3) is 5.61. The highest BCUT2D eigenvalue weighted by Gasteiger charge is 2.33. The number of rotatable bonds is 8. The molecule has 3 aliphatic heterocycles. The van der Waals surface area contributed by atoms with Crippen LogP contribution in [-0.2, 0) is 23.8 Å². The molecule has 5 rings (SSSR count). The van der Waals surface area contributed by atoms with Gasteiger partial charge in [-0.2, -0.15) is 0 Å². The fraction of sp³-hybridized carbons (Fsp3) is 0.571. The van der Waals surface area contributed by atoms with Crippen molar-refractivity contribution in [2.24, 2.45) is 5.92 Å². The quantitative estimate of drug-likeness (QED) is 0.527. The first kappa shape index (κ1) is 24.4. The molecule has 1 aromatic carbocycles. The molecular weight excluding hydrogens is 456 g/mol. The van der Waals surface area contributed by atoms with Gasteiger partial charge in [0.1, 0.15) is 11.9 Å². The first-order chi connectivity index (χ1) is 17.1. The van der Waals surface area contributed by atoms with Crippen LogP contribution in [0.2, 0.25) is 0 Å².